The predicted molar refractivity (Wildman–Crippen MR) is 75.9 cm³/mol. The average molecular weight is 331 g/mol. The largest absolute Gasteiger partial charge is 0.438 e. The minimum absolute atomic E-state index is 0.108. The van der Waals surface area contributed by atoms with Gasteiger partial charge in [0.05, 0.1) is 6.61 Å². The second kappa shape index (κ2) is 5.72. The fourth-order valence-corrected chi connectivity index (χ4v) is 5.25. The summed E-state index contributed by atoms with van der Waals surface area (Å²) >= 11 is 3.06. The maximum Gasteiger partial charge on any atom is 0.318 e. The molecule has 4 saturated carbocycles. The van der Waals surface area contributed by atoms with Gasteiger partial charge in [0.2, 0.25) is 0 Å². The van der Waals surface area contributed by atoms with Gasteiger partial charge in [0.25, 0.3) is 0 Å². The van der Waals surface area contributed by atoms with E-state index in [1.54, 1.807) is 0 Å². The van der Waals surface area contributed by atoms with Crippen molar-refractivity contribution in [3.8, 4) is 0 Å². The summed E-state index contributed by atoms with van der Waals surface area (Å²) in [4.78, 5) is 10.9. The van der Waals surface area contributed by atoms with Crippen LogP contribution in [0.4, 0.5) is 0 Å². The van der Waals surface area contributed by atoms with Crippen LogP contribution >= 0.6 is 15.9 Å². The Balaban J connectivity index is 1.41. The lowest BCUT2D eigenvalue weighted by Crippen LogP contribution is -2.46. The zero-order valence-electron chi connectivity index (χ0n) is 11.4. The first-order chi connectivity index (χ1) is 9.19. The van der Waals surface area contributed by atoms with E-state index in [0.717, 1.165) is 30.8 Å². The third-order valence-electron chi connectivity index (χ3n) is 5.35. The first kappa shape index (κ1) is 13.9. The maximum absolute atomic E-state index is 10.9. The van der Waals surface area contributed by atoms with Crippen LogP contribution in [0.2, 0.25) is 0 Å². The van der Waals surface area contributed by atoms with Crippen LogP contribution in [0.5, 0.6) is 0 Å². The fourth-order valence-electron chi connectivity index (χ4n) is 5.09. The van der Waals surface area contributed by atoms with E-state index in [9.17, 15) is 4.79 Å². The molecule has 0 unspecified atom stereocenters. The highest BCUT2D eigenvalue weighted by molar-refractivity contribution is 9.09. The van der Waals surface area contributed by atoms with Gasteiger partial charge in [-0.3, -0.25) is 4.79 Å². The third-order valence-corrected chi connectivity index (χ3v) is 5.81. The van der Waals surface area contributed by atoms with Crippen LogP contribution in [0.3, 0.4) is 0 Å². The molecule has 0 aliphatic heterocycles. The Labute approximate surface area is 123 Å². The van der Waals surface area contributed by atoms with Crippen molar-refractivity contribution >= 4 is 21.9 Å². The molecule has 0 spiro atoms. The number of rotatable bonds is 6. The molecular weight excluding hydrogens is 308 g/mol. The lowest BCUT2D eigenvalue weighted by atomic mass is 9.49. The van der Waals surface area contributed by atoms with Gasteiger partial charge >= 0.3 is 5.97 Å². The van der Waals surface area contributed by atoms with Gasteiger partial charge < -0.3 is 9.47 Å². The molecule has 3 nitrogen and oxygen atoms in total. The molecule has 19 heavy (non-hydrogen) atoms. The van der Waals surface area contributed by atoms with E-state index in [0.29, 0.717) is 5.41 Å². The summed E-state index contributed by atoms with van der Waals surface area (Å²) in [5, 5.41) is 0.241. The Hall–Kier alpha value is -0.0900. The van der Waals surface area contributed by atoms with Crippen LogP contribution in [0.15, 0.2) is 0 Å². The Kier molecular flexibility index (Phi) is 4.18. The van der Waals surface area contributed by atoms with E-state index in [-0.39, 0.29) is 18.1 Å². The van der Waals surface area contributed by atoms with Crippen LogP contribution in [0.25, 0.3) is 0 Å². The van der Waals surface area contributed by atoms with Crippen LogP contribution in [0.1, 0.15) is 44.9 Å². The van der Waals surface area contributed by atoms with Gasteiger partial charge in [-0.05, 0) is 68.1 Å². The second-order valence-corrected chi connectivity index (χ2v) is 7.40. The molecule has 4 fully saturated rings. The highest BCUT2D eigenvalue weighted by atomic mass is 79.9. The molecule has 4 bridgehead atoms. The average Bonchev–Trinajstić information content (AvgIpc) is 2.36. The van der Waals surface area contributed by atoms with Crippen LogP contribution in [0, 0.1) is 23.2 Å². The van der Waals surface area contributed by atoms with Gasteiger partial charge in [0, 0.05) is 0 Å². The van der Waals surface area contributed by atoms with E-state index in [1.165, 1.54) is 38.5 Å². The predicted octanol–water partition coefficient (Wildman–Crippen LogP) is 3.51. The summed E-state index contributed by atoms with van der Waals surface area (Å²) in [6.45, 7) is 0.846. The van der Waals surface area contributed by atoms with Gasteiger partial charge in [-0.15, -0.1) is 0 Å². The minimum atomic E-state index is -0.255. The molecule has 0 aromatic rings. The van der Waals surface area contributed by atoms with Crippen LogP contribution < -0.4 is 0 Å². The molecule has 108 valence electrons. The Morgan fingerprint density at radius 1 is 1.11 bits per heavy atom. The molecule has 0 aromatic heterocycles. The number of carbonyl (C=O) groups excluding carboxylic acids is 1. The lowest BCUT2D eigenvalue weighted by Gasteiger charge is -2.57. The van der Waals surface area contributed by atoms with E-state index >= 15 is 0 Å². The van der Waals surface area contributed by atoms with Gasteiger partial charge in [-0.25, -0.2) is 0 Å². The Morgan fingerprint density at radius 2 is 1.68 bits per heavy atom. The summed E-state index contributed by atoms with van der Waals surface area (Å²) in [7, 11) is 0. The van der Waals surface area contributed by atoms with Crippen molar-refractivity contribution < 1.29 is 14.3 Å². The van der Waals surface area contributed by atoms with Gasteiger partial charge in [0.15, 0.2) is 6.79 Å². The molecule has 0 atom stereocenters. The van der Waals surface area contributed by atoms with Crippen molar-refractivity contribution in [3.63, 3.8) is 0 Å². The summed E-state index contributed by atoms with van der Waals surface area (Å²) in [5.41, 5.74) is 0.564. The SMILES string of the molecule is O=C(CBr)OCOCCC12CC3CC(CC(C3)C1)C2. The normalized spacial score (nSPS) is 39.5. The molecule has 0 radical (unpaired) electrons. The van der Waals surface area contributed by atoms with Crippen molar-refractivity contribution in [2.75, 3.05) is 18.7 Å². The number of ether oxygens (including phenoxy) is 2. The van der Waals surface area contributed by atoms with Crippen molar-refractivity contribution in [3.05, 3.63) is 0 Å². The standard InChI is InChI=1S/C15H23BrO3/c16-9-14(17)19-10-18-2-1-15-6-11-3-12(7-15)5-13(4-11)8-15/h11-13H,1-10H2. The van der Waals surface area contributed by atoms with Gasteiger partial charge in [0.1, 0.15) is 5.33 Å². The smallest absolute Gasteiger partial charge is 0.318 e. The summed E-state index contributed by atoms with van der Waals surface area (Å²) in [5.74, 6) is 2.74. The monoisotopic (exact) mass is 330 g/mol. The van der Waals surface area contributed by atoms with E-state index in [4.69, 9.17) is 9.47 Å². The molecule has 4 aliphatic carbocycles. The minimum Gasteiger partial charge on any atom is -0.438 e. The second-order valence-electron chi connectivity index (χ2n) is 6.84. The highest BCUT2D eigenvalue weighted by Crippen LogP contribution is 2.61. The summed E-state index contributed by atoms with van der Waals surface area (Å²) < 4.78 is 10.4. The van der Waals surface area contributed by atoms with Gasteiger partial charge in [-0.2, -0.15) is 0 Å². The molecule has 4 aliphatic rings. The van der Waals surface area contributed by atoms with Crippen molar-refractivity contribution in [2.24, 2.45) is 23.2 Å². The highest BCUT2D eigenvalue weighted by Gasteiger charge is 2.50. The number of hydrogen-bond acceptors (Lipinski definition) is 3. The quantitative estimate of drug-likeness (QED) is 0.323. The molecule has 0 amide bonds. The first-order valence-electron chi connectivity index (χ1n) is 7.48. The van der Waals surface area contributed by atoms with Crippen molar-refractivity contribution in [2.45, 2.75) is 44.9 Å². The number of halogens is 1. The fraction of sp³-hybridized carbons (Fsp3) is 0.933. The number of hydrogen-bond donors (Lipinski definition) is 0. The van der Waals surface area contributed by atoms with Gasteiger partial charge in [-0.1, -0.05) is 15.9 Å². The number of carbonyl (C=O) groups is 1. The number of esters is 1. The van der Waals surface area contributed by atoms with E-state index in [2.05, 4.69) is 15.9 Å². The molecule has 0 N–H and O–H groups in total. The summed E-state index contributed by atoms with van der Waals surface area (Å²) in [6.07, 6.45) is 9.88. The molecular formula is C15H23BrO3. The Bertz CT molecular complexity index is 307. The maximum atomic E-state index is 10.9. The van der Waals surface area contributed by atoms with Crippen molar-refractivity contribution in [1.29, 1.82) is 0 Å². The zero-order chi connectivity index (χ0) is 13.3. The lowest BCUT2D eigenvalue weighted by molar-refractivity contribution is -0.154. The summed E-state index contributed by atoms with van der Waals surface area (Å²) in [6, 6.07) is 0. The van der Waals surface area contributed by atoms with E-state index in [1.807, 2.05) is 0 Å². The van der Waals surface area contributed by atoms with E-state index < -0.39 is 0 Å². The number of alkyl halides is 1. The molecule has 0 saturated heterocycles. The van der Waals surface area contributed by atoms with Crippen molar-refractivity contribution in [1.82, 2.24) is 0 Å². The molecule has 4 rings (SSSR count). The molecule has 4 heteroatoms. The third kappa shape index (κ3) is 3.15. The topological polar surface area (TPSA) is 35.5 Å². The Morgan fingerprint density at radius 3 is 2.21 bits per heavy atom. The zero-order valence-corrected chi connectivity index (χ0v) is 13.0. The molecule has 0 heterocycles. The van der Waals surface area contributed by atoms with Crippen LogP contribution in [-0.2, 0) is 14.3 Å². The molecule has 0 aromatic carbocycles. The van der Waals surface area contributed by atoms with Crippen LogP contribution in [-0.4, -0.2) is 24.7 Å². The first-order valence-corrected chi connectivity index (χ1v) is 8.61.